The van der Waals surface area contributed by atoms with Gasteiger partial charge in [-0.1, -0.05) is 0 Å². The molecule has 0 atom stereocenters. The average Bonchev–Trinajstić information content (AvgIpc) is 2.03. The SMILES string of the molecule is N=C/C(CO)=C(/Br)NCC(F)F. The van der Waals surface area contributed by atoms with Gasteiger partial charge in [0.2, 0.25) is 0 Å². The number of nitrogens with one attached hydrogen (secondary N) is 2. The van der Waals surface area contributed by atoms with Crippen LogP contribution in [0.15, 0.2) is 10.2 Å². The summed E-state index contributed by atoms with van der Waals surface area (Å²) in [6.07, 6.45) is -1.56. The molecular formula is C6H9BrF2N2O. The zero-order valence-electron chi connectivity index (χ0n) is 6.15. The van der Waals surface area contributed by atoms with E-state index in [1.54, 1.807) is 0 Å². The number of rotatable bonds is 5. The fraction of sp³-hybridized carbons (Fsp3) is 0.500. The van der Waals surface area contributed by atoms with E-state index < -0.39 is 13.0 Å². The summed E-state index contributed by atoms with van der Waals surface area (Å²) in [6.45, 7) is -0.863. The molecule has 3 N–H and O–H groups in total. The molecule has 0 aromatic carbocycles. The minimum absolute atomic E-state index is 0.223. The lowest BCUT2D eigenvalue weighted by Crippen LogP contribution is -2.20. The van der Waals surface area contributed by atoms with Crippen LogP contribution >= 0.6 is 15.9 Å². The van der Waals surface area contributed by atoms with Crippen molar-refractivity contribution in [2.45, 2.75) is 6.43 Å². The highest BCUT2D eigenvalue weighted by Gasteiger charge is 2.04. The average molecular weight is 243 g/mol. The molecule has 3 nitrogen and oxygen atoms in total. The first kappa shape index (κ1) is 11.5. The highest BCUT2D eigenvalue weighted by molar-refractivity contribution is 9.11. The minimum Gasteiger partial charge on any atom is -0.392 e. The van der Waals surface area contributed by atoms with Crippen molar-refractivity contribution in [3.63, 3.8) is 0 Å². The van der Waals surface area contributed by atoms with Gasteiger partial charge in [0.15, 0.2) is 0 Å². The fourth-order valence-electron chi connectivity index (χ4n) is 0.459. The first-order valence-electron chi connectivity index (χ1n) is 3.13. The summed E-state index contributed by atoms with van der Waals surface area (Å²) in [5.41, 5.74) is 0.232. The van der Waals surface area contributed by atoms with Crippen LogP contribution in [-0.2, 0) is 0 Å². The van der Waals surface area contributed by atoms with Gasteiger partial charge in [-0.2, -0.15) is 0 Å². The molecule has 0 radical (unpaired) electrons. The topological polar surface area (TPSA) is 56.1 Å². The lowest BCUT2D eigenvalue weighted by atomic mass is 10.3. The Morgan fingerprint density at radius 1 is 1.67 bits per heavy atom. The highest BCUT2D eigenvalue weighted by Crippen LogP contribution is 2.06. The Morgan fingerprint density at radius 2 is 2.25 bits per heavy atom. The van der Waals surface area contributed by atoms with Crippen LogP contribution in [0.25, 0.3) is 0 Å². The second kappa shape index (κ2) is 6.07. The van der Waals surface area contributed by atoms with Gasteiger partial charge in [-0.05, 0) is 15.9 Å². The number of aliphatic hydroxyl groups is 1. The van der Waals surface area contributed by atoms with Crippen LogP contribution in [0.2, 0.25) is 0 Å². The quantitative estimate of drug-likeness (QED) is 0.500. The van der Waals surface area contributed by atoms with E-state index in [2.05, 4.69) is 21.2 Å². The van der Waals surface area contributed by atoms with Crippen LogP contribution in [0.4, 0.5) is 8.78 Å². The fourth-order valence-corrected chi connectivity index (χ4v) is 0.860. The molecule has 0 aliphatic rings. The molecule has 0 aromatic rings. The Balaban J connectivity index is 4.05. The van der Waals surface area contributed by atoms with Gasteiger partial charge < -0.3 is 15.8 Å². The lowest BCUT2D eigenvalue weighted by Gasteiger charge is -2.06. The van der Waals surface area contributed by atoms with E-state index in [0.717, 1.165) is 6.21 Å². The molecule has 0 rings (SSSR count). The molecule has 0 aromatic heterocycles. The molecule has 0 amide bonds. The number of alkyl halides is 2. The first-order valence-corrected chi connectivity index (χ1v) is 3.93. The van der Waals surface area contributed by atoms with Gasteiger partial charge in [-0.25, -0.2) is 8.78 Å². The van der Waals surface area contributed by atoms with Crippen molar-refractivity contribution < 1.29 is 13.9 Å². The molecule has 0 saturated carbocycles. The van der Waals surface area contributed by atoms with Crippen molar-refractivity contribution in [3.05, 3.63) is 10.2 Å². The van der Waals surface area contributed by atoms with Crippen molar-refractivity contribution in [1.29, 1.82) is 5.41 Å². The lowest BCUT2D eigenvalue weighted by molar-refractivity contribution is 0.150. The van der Waals surface area contributed by atoms with Crippen molar-refractivity contribution >= 4 is 22.1 Å². The Bertz CT molecular complexity index is 184. The molecule has 0 bridgehead atoms. The first-order chi connectivity index (χ1) is 5.61. The van der Waals surface area contributed by atoms with E-state index in [1.165, 1.54) is 0 Å². The van der Waals surface area contributed by atoms with Gasteiger partial charge >= 0.3 is 0 Å². The molecule has 6 heteroatoms. The van der Waals surface area contributed by atoms with Crippen LogP contribution in [0, 0.1) is 5.41 Å². The molecule has 0 aliphatic carbocycles. The van der Waals surface area contributed by atoms with E-state index in [0.29, 0.717) is 0 Å². The minimum atomic E-state index is -2.46. The zero-order valence-corrected chi connectivity index (χ0v) is 7.74. The number of halogens is 3. The van der Waals surface area contributed by atoms with Crippen molar-refractivity contribution in [2.75, 3.05) is 13.2 Å². The van der Waals surface area contributed by atoms with E-state index in [-0.39, 0.29) is 16.8 Å². The maximum absolute atomic E-state index is 11.6. The highest BCUT2D eigenvalue weighted by atomic mass is 79.9. The van der Waals surface area contributed by atoms with Crippen molar-refractivity contribution in [1.82, 2.24) is 5.32 Å². The van der Waals surface area contributed by atoms with E-state index >= 15 is 0 Å². The summed E-state index contributed by atoms with van der Waals surface area (Å²) in [7, 11) is 0. The summed E-state index contributed by atoms with van der Waals surface area (Å²) < 4.78 is 23.5. The van der Waals surface area contributed by atoms with Gasteiger partial charge in [0.05, 0.1) is 17.8 Å². The second-order valence-electron chi connectivity index (χ2n) is 1.91. The molecule has 0 aliphatic heterocycles. The predicted octanol–water partition coefficient (Wildman–Crippen LogP) is 1.09. The van der Waals surface area contributed by atoms with E-state index in [4.69, 9.17) is 10.5 Å². The third-order valence-electron chi connectivity index (χ3n) is 1.04. The second-order valence-corrected chi connectivity index (χ2v) is 2.71. The normalized spacial score (nSPS) is 12.8. The molecule has 70 valence electrons. The molecular weight excluding hydrogens is 234 g/mol. The Hall–Kier alpha value is -0.490. The molecule has 0 fully saturated rings. The Kier molecular flexibility index (Phi) is 5.83. The molecule has 12 heavy (non-hydrogen) atoms. The van der Waals surface area contributed by atoms with Crippen LogP contribution in [0.3, 0.4) is 0 Å². The summed E-state index contributed by atoms with van der Waals surface area (Å²) in [6, 6.07) is 0. The van der Waals surface area contributed by atoms with Crippen LogP contribution < -0.4 is 5.32 Å². The van der Waals surface area contributed by atoms with Crippen LogP contribution in [-0.4, -0.2) is 30.9 Å². The summed E-state index contributed by atoms with van der Waals surface area (Å²) in [5, 5.41) is 17.7. The summed E-state index contributed by atoms with van der Waals surface area (Å²) in [4.78, 5) is 0. The monoisotopic (exact) mass is 242 g/mol. The van der Waals surface area contributed by atoms with Gasteiger partial charge in [0.25, 0.3) is 6.43 Å². The Morgan fingerprint density at radius 3 is 2.58 bits per heavy atom. The van der Waals surface area contributed by atoms with Crippen LogP contribution in [0.1, 0.15) is 0 Å². The molecule has 0 heterocycles. The maximum Gasteiger partial charge on any atom is 0.255 e. The van der Waals surface area contributed by atoms with E-state index in [9.17, 15) is 8.78 Å². The van der Waals surface area contributed by atoms with Gasteiger partial charge in [-0.3, -0.25) is 0 Å². The smallest absolute Gasteiger partial charge is 0.255 e. The summed E-state index contributed by atoms with van der Waals surface area (Å²) in [5.74, 6) is 0. The number of hydrogen-bond donors (Lipinski definition) is 3. The standard InChI is InChI=1S/C6H9BrF2N2O/c7-6(4(1-10)3-12)11-2-5(8)9/h1,5,10-12H,2-3H2/b6-4+,10-1?. The van der Waals surface area contributed by atoms with Crippen LogP contribution in [0.5, 0.6) is 0 Å². The van der Waals surface area contributed by atoms with Gasteiger partial charge in [0.1, 0.15) is 0 Å². The molecule has 0 spiro atoms. The maximum atomic E-state index is 11.6. The van der Waals surface area contributed by atoms with Crippen molar-refractivity contribution in [2.24, 2.45) is 0 Å². The summed E-state index contributed by atoms with van der Waals surface area (Å²) >= 11 is 2.92. The van der Waals surface area contributed by atoms with Gasteiger partial charge in [-0.15, -0.1) is 0 Å². The van der Waals surface area contributed by atoms with E-state index in [1.807, 2.05) is 0 Å². The number of aliphatic hydroxyl groups excluding tert-OH is 1. The predicted molar refractivity (Wildman–Crippen MR) is 45.8 cm³/mol. The van der Waals surface area contributed by atoms with Crippen molar-refractivity contribution in [3.8, 4) is 0 Å². The molecule has 0 saturated heterocycles. The molecule has 0 unspecified atom stereocenters. The largest absolute Gasteiger partial charge is 0.392 e. The Labute approximate surface area is 77.1 Å². The third-order valence-corrected chi connectivity index (χ3v) is 1.83. The third kappa shape index (κ3) is 4.40. The zero-order chi connectivity index (χ0) is 9.56. The van der Waals surface area contributed by atoms with Gasteiger partial charge in [0, 0.05) is 11.8 Å². The number of hydrogen-bond acceptors (Lipinski definition) is 3.